The van der Waals surface area contributed by atoms with Gasteiger partial charge in [0, 0.05) is 11.1 Å². The van der Waals surface area contributed by atoms with Gasteiger partial charge in [-0.3, -0.25) is 0 Å². The van der Waals surface area contributed by atoms with Gasteiger partial charge in [0.1, 0.15) is 5.82 Å². The fourth-order valence-corrected chi connectivity index (χ4v) is 2.40. The summed E-state index contributed by atoms with van der Waals surface area (Å²) in [7, 11) is 2.77. The minimum Gasteiger partial charge on any atom is -0.493 e. The highest BCUT2D eigenvalue weighted by Crippen LogP contribution is 2.41. The molecule has 5 nitrogen and oxygen atoms in total. The Morgan fingerprint density at radius 3 is 2.21 bits per heavy atom. The number of ether oxygens (including phenoxy) is 2. The molecule has 0 saturated heterocycles. The van der Waals surface area contributed by atoms with E-state index in [4.69, 9.17) is 9.47 Å². The van der Waals surface area contributed by atoms with E-state index in [2.05, 4.69) is 0 Å². The highest BCUT2D eigenvalue weighted by molar-refractivity contribution is 5.92. The molecule has 0 heterocycles. The average molecular weight is 334 g/mol. The third kappa shape index (κ3) is 3.33. The van der Waals surface area contributed by atoms with Crippen LogP contribution in [0.1, 0.15) is 29.8 Å². The summed E-state index contributed by atoms with van der Waals surface area (Å²) in [6.45, 7) is 3.10. The average Bonchev–Trinajstić information content (AvgIpc) is 2.52. The summed E-state index contributed by atoms with van der Waals surface area (Å²) < 4.78 is 25.0. The first kappa shape index (κ1) is 17.7. The van der Waals surface area contributed by atoms with Crippen LogP contribution < -0.4 is 9.47 Å². The second kappa shape index (κ2) is 6.49. The lowest BCUT2D eigenvalue weighted by Gasteiger charge is -2.19. The van der Waals surface area contributed by atoms with Crippen molar-refractivity contribution in [2.45, 2.75) is 19.4 Å². The predicted molar refractivity (Wildman–Crippen MR) is 87.1 cm³/mol. The molecule has 0 fully saturated rings. The molecule has 0 atom stereocenters. The SMILES string of the molecule is COc1cc(C(=O)O)cc(-c2ccc(C(C)(C)O)cc2F)c1OC. The number of carboxylic acids is 1. The van der Waals surface area contributed by atoms with E-state index in [1.807, 2.05) is 0 Å². The predicted octanol–water partition coefficient (Wildman–Crippen LogP) is 3.44. The lowest BCUT2D eigenvalue weighted by Crippen LogP contribution is -2.15. The number of aliphatic hydroxyl groups is 1. The second-order valence-corrected chi connectivity index (χ2v) is 5.82. The maximum absolute atomic E-state index is 14.6. The molecule has 0 aliphatic rings. The number of carboxylic acid groups (broad SMARTS) is 1. The Hall–Kier alpha value is -2.60. The molecule has 0 aromatic heterocycles. The Kier molecular flexibility index (Phi) is 4.80. The first-order chi connectivity index (χ1) is 11.2. The number of aromatic carboxylic acids is 1. The van der Waals surface area contributed by atoms with Crippen molar-refractivity contribution in [3.8, 4) is 22.6 Å². The smallest absolute Gasteiger partial charge is 0.335 e. The topological polar surface area (TPSA) is 76.0 Å². The van der Waals surface area contributed by atoms with Crippen molar-refractivity contribution < 1.29 is 28.9 Å². The van der Waals surface area contributed by atoms with Crippen LogP contribution in [0.3, 0.4) is 0 Å². The minimum absolute atomic E-state index is 0.0476. The molecule has 0 saturated carbocycles. The lowest BCUT2D eigenvalue weighted by molar-refractivity contribution is 0.0696. The monoisotopic (exact) mass is 334 g/mol. The Labute approximate surface area is 139 Å². The van der Waals surface area contributed by atoms with E-state index >= 15 is 0 Å². The fourth-order valence-electron chi connectivity index (χ4n) is 2.40. The Morgan fingerprint density at radius 1 is 1.08 bits per heavy atom. The van der Waals surface area contributed by atoms with Gasteiger partial charge in [0.05, 0.1) is 25.4 Å². The van der Waals surface area contributed by atoms with Gasteiger partial charge in [-0.1, -0.05) is 12.1 Å². The highest BCUT2D eigenvalue weighted by atomic mass is 19.1. The van der Waals surface area contributed by atoms with Crippen LogP contribution in [0.5, 0.6) is 11.5 Å². The van der Waals surface area contributed by atoms with Crippen LogP contribution in [0.4, 0.5) is 4.39 Å². The summed E-state index contributed by atoms with van der Waals surface area (Å²) in [4.78, 5) is 11.3. The first-order valence-corrected chi connectivity index (χ1v) is 7.21. The van der Waals surface area contributed by atoms with E-state index < -0.39 is 17.4 Å². The van der Waals surface area contributed by atoms with Crippen LogP contribution >= 0.6 is 0 Å². The quantitative estimate of drug-likeness (QED) is 0.876. The molecular formula is C18H19FO5. The molecule has 2 aromatic carbocycles. The number of carbonyl (C=O) groups is 1. The zero-order valence-corrected chi connectivity index (χ0v) is 13.9. The fraction of sp³-hybridized carbons (Fsp3) is 0.278. The standard InChI is InChI=1S/C18H19FO5/c1-18(2,22)11-5-6-12(14(19)9-11)13-7-10(17(20)21)8-15(23-3)16(13)24-4/h5-9,22H,1-4H3,(H,20,21). The Bertz CT molecular complexity index is 778. The molecule has 24 heavy (non-hydrogen) atoms. The van der Waals surface area contributed by atoms with Crippen molar-refractivity contribution in [2.24, 2.45) is 0 Å². The molecule has 2 aromatic rings. The van der Waals surface area contributed by atoms with Crippen LogP contribution in [-0.2, 0) is 5.60 Å². The van der Waals surface area contributed by atoms with E-state index in [9.17, 15) is 19.4 Å². The van der Waals surface area contributed by atoms with Gasteiger partial charge >= 0.3 is 5.97 Å². The largest absolute Gasteiger partial charge is 0.493 e. The number of hydrogen-bond acceptors (Lipinski definition) is 4. The van der Waals surface area contributed by atoms with E-state index in [0.717, 1.165) is 0 Å². The van der Waals surface area contributed by atoms with Gasteiger partial charge in [-0.25, -0.2) is 9.18 Å². The van der Waals surface area contributed by atoms with Crippen LogP contribution in [0.2, 0.25) is 0 Å². The molecule has 2 N–H and O–H groups in total. The summed E-state index contributed by atoms with van der Waals surface area (Å²) >= 11 is 0. The van der Waals surface area contributed by atoms with E-state index in [-0.39, 0.29) is 28.2 Å². The zero-order valence-electron chi connectivity index (χ0n) is 13.9. The molecule has 0 spiro atoms. The molecule has 0 aliphatic heterocycles. The van der Waals surface area contributed by atoms with Crippen molar-refractivity contribution in [3.63, 3.8) is 0 Å². The van der Waals surface area contributed by atoms with E-state index in [0.29, 0.717) is 5.56 Å². The maximum atomic E-state index is 14.6. The van der Waals surface area contributed by atoms with Crippen LogP contribution in [-0.4, -0.2) is 30.4 Å². The van der Waals surface area contributed by atoms with Gasteiger partial charge in [-0.15, -0.1) is 0 Å². The number of halogens is 1. The van der Waals surface area contributed by atoms with Gasteiger partial charge in [0.15, 0.2) is 11.5 Å². The lowest BCUT2D eigenvalue weighted by atomic mass is 9.94. The van der Waals surface area contributed by atoms with Crippen molar-refractivity contribution in [1.82, 2.24) is 0 Å². The van der Waals surface area contributed by atoms with E-state index in [1.54, 1.807) is 19.9 Å². The number of rotatable bonds is 5. The molecular weight excluding hydrogens is 315 g/mol. The van der Waals surface area contributed by atoms with Gasteiger partial charge in [0.25, 0.3) is 0 Å². The number of benzene rings is 2. The van der Waals surface area contributed by atoms with Gasteiger partial charge in [-0.2, -0.15) is 0 Å². The highest BCUT2D eigenvalue weighted by Gasteiger charge is 2.22. The second-order valence-electron chi connectivity index (χ2n) is 5.82. The van der Waals surface area contributed by atoms with Crippen molar-refractivity contribution in [2.75, 3.05) is 14.2 Å². The normalized spacial score (nSPS) is 11.2. The Morgan fingerprint density at radius 2 is 1.75 bits per heavy atom. The first-order valence-electron chi connectivity index (χ1n) is 7.21. The minimum atomic E-state index is -1.19. The van der Waals surface area contributed by atoms with Crippen LogP contribution in [0.25, 0.3) is 11.1 Å². The van der Waals surface area contributed by atoms with Crippen LogP contribution in [0.15, 0.2) is 30.3 Å². The van der Waals surface area contributed by atoms with Crippen molar-refractivity contribution in [1.29, 1.82) is 0 Å². The third-order valence-electron chi connectivity index (χ3n) is 3.69. The van der Waals surface area contributed by atoms with Crippen molar-refractivity contribution in [3.05, 3.63) is 47.3 Å². The van der Waals surface area contributed by atoms with Gasteiger partial charge in [0.2, 0.25) is 0 Å². The molecule has 0 radical (unpaired) electrons. The van der Waals surface area contributed by atoms with Gasteiger partial charge < -0.3 is 19.7 Å². The molecule has 0 amide bonds. The zero-order chi connectivity index (χ0) is 18.1. The summed E-state index contributed by atoms with van der Waals surface area (Å²) in [5.41, 5.74) is -0.419. The summed E-state index contributed by atoms with van der Waals surface area (Å²) in [6.07, 6.45) is 0. The molecule has 0 bridgehead atoms. The number of methoxy groups -OCH3 is 2. The molecule has 2 rings (SSSR count). The van der Waals surface area contributed by atoms with Crippen molar-refractivity contribution >= 4 is 5.97 Å². The summed E-state index contributed by atoms with van der Waals surface area (Å²) in [6, 6.07) is 6.91. The molecule has 0 unspecified atom stereocenters. The molecule has 128 valence electrons. The van der Waals surface area contributed by atoms with Crippen LogP contribution in [0, 0.1) is 5.82 Å². The molecule has 0 aliphatic carbocycles. The van der Waals surface area contributed by atoms with E-state index in [1.165, 1.54) is 38.5 Å². The molecule has 6 heteroatoms. The number of hydrogen-bond donors (Lipinski definition) is 2. The maximum Gasteiger partial charge on any atom is 0.335 e. The Balaban J connectivity index is 2.71. The third-order valence-corrected chi connectivity index (χ3v) is 3.69. The summed E-state index contributed by atoms with van der Waals surface area (Å²) in [5.74, 6) is -1.33. The van der Waals surface area contributed by atoms with Gasteiger partial charge in [-0.05, 0) is 37.6 Å². The summed E-state index contributed by atoms with van der Waals surface area (Å²) in [5, 5.41) is 19.2.